The number of nitrogens with one attached hydrogen (secondary N) is 1. The first-order valence-corrected chi connectivity index (χ1v) is 9.23. The number of rotatable bonds is 6. The molecule has 6 heteroatoms. The molecule has 0 spiro atoms. The molecule has 1 atom stereocenters. The summed E-state index contributed by atoms with van der Waals surface area (Å²) in [5.74, 6) is 0.395. The molecule has 0 radical (unpaired) electrons. The molecule has 2 aliphatic rings. The van der Waals surface area contributed by atoms with Crippen LogP contribution in [0.5, 0.6) is 0 Å². The van der Waals surface area contributed by atoms with Crippen molar-refractivity contribution >= 4 is 15.7 Å². The van der Waals surface area contributed by atoms with Gasteiger partial charge in [-0.2, -0.15) is 0 Å². The van der Waals surface area contributed by atoms with E-state index in [2.05, 4.69) is 9.62 Å². The lowest BCUT2D eigenvalue weighted by atomic mass is 10.1. The van der Waals surface area contributed by atoms with Gasteiger partial charge in [0.15, 0.2) is 0 Å². The molecule has 1 aliphatic carbocycles. The Bertz CT molecular complexity index is 599. The zero-order chi connectivity index (χ0) is 14.9. The zero-order valence-corrected chi connectivity index (χ0v) is 13.0. The lowest BCUT2D eigenvalue weighted by molar-refractivity contribution is 0.314. The van der Waals surface area contributed by atoms with E-state index in [1.165, 1.54) is 12.8 Å². The van der Waals surface area contributed by atoms with Crippen molar-refractivity contribution in [2.75, 3.05) is 25.4 Å². The van der Waals surface area contributed by atoms with Crippen molar-refractivity contribution in [2.45, 2.75) is 31.1 Å². The zero-order valence-electron chi connectivity index (χ0n) is 12.2. The molecule has 2 fully saturated rings. The van der Waals surface area contributed by atoms with Crippen LogP contribution in [0.4, 0.5) is 5.69 Å². The number of sulfonamides is 1. The standard InChI is InChI=1S/C15H23N3O2S/c16-15-4-2-1-3-13(15)11-21(19,20)17-9-12-7-8-18(10-12)14-5-6-14/h1-4,12,14,17H,5-11,16H2. The number of para-hydroxylation sites is 1. The quantitative estimate of drug-likeness (QED) is 0.774. The van der Waals surface area contributed by atoms with Crippen molar-refractivity contribution in [2.24, 2.45) is 5.92 Å². The predicted octanol–water partition coefficient (Wildman–Crippen LogP) is 1.17. The second kappa shape index (κ2) is 5.94. The van der Waals surface area contributed by atoms with Gasteiger partial charge in [0.2, 0.25) is 10.0 Å². The SMILES string of the molecule is Nc1ccccc1CS(=O)(=O)NCC1CCN(C2CC2)C1. The fourth-order valence-corrected chi connectivity index (χ4v) is 4.23. The summed E-state index contributed by atoms with van der Waals surface area (Å²) in [5.41, 5.74) is 7.00. The van der Waals surface area contributed by atoms with Gasteiger partial charge in [-0.1, -0.05) is 18.2 Å². The van der Waals surface area contributed by atoms with Crippen LogP contribution in [0.25, 0.3) is 0 Å². The van der Waals surface area contributed by atoms with E-state index in [4.69, 9.17) is 5.73 Å². The molecule has 1 heterocycles. The molecule has 1 saturated heterocycles. The van der Waals surface area contributed by atoms with Gasteiger partial charge in [0.05, 0.1) is 5.75 Å². The van der Waals surface area contributed by atoms with Gasteiger partial charge < -0.3 is 10.6 Å². The maximum absolute atomic E-state index is 12.2. The van der Waals surface area contributed by atoms with Gasteiger partial charge in [-0.3, -0.25) is 0 Å². The molecule has 1 aliphatic heterocycles. The average Bonchev–Trinajstić information content (AvgIpc) is 3.18. The molecule has 0 bridgehead atoms. The third-order valence-electron chi connectivity index (χ3n) is 4.37. The number of hydrogen-bond acceptors (Lipinski definition) is 4. The molecule has 1 aromatic rings. The Morgan fingerprint density at radius 3 is 2.71 bits per heavy atom. The predicted molar refractivity (Wildman–Crippen MR) is 84.2 cm³/mol. The molecule has 0 amide bonds. The summed E-state index contributed by atoms with van der Waals surface area (Å²) >= 11 is 0. The smallest absolute Gasteiger partial charge is 0.215 e. The van der Waals surface area contributed by atoms with Gasteiger partial charge in [-0.25, -0.2) is 13.1 Å². The highest BCUT2D eigenvalue weighted by atomic mass is 32.2. The van der Waals surface area contributed by atoms with E-state index >= 15 is 0 Å². The first-order valence-electron chi connectivity index (χ1n) is 7.58. The molecule has 0 aromatic heterocycles. The number of nitrogens with zero attached hydrogens (tertiary/aromatic N) is 1. The van der Waals surface area contributed by atoms with E-state index in [0.717, 1.165) is 25.6 Å². The minimum atomic E-state index is -3.32. The molecule has 3 N–H and O–H groups in total. The topological polar surface area (TPSA) is 75.4 Å². The Hall–Kier alpha value is -1.11. The fourth-order valence-electron chi connectivity index (χ4n) is 2.97. The number of likely N-dealkylation sites (tertiary alicyclic amines) is 1. The Morgan fingerprint density at radius 2 is 2.00 bits per heavy atom. The number of nitrogen functional groups attached to an aromatic ring is 1. The molecule has 1 unspecified atom stereocenters. The minimum absolute atomic E-state index is 0.0429. The van der Waals surface area contributed by atoms with Crippen LogP contribution in [-0.4, -0.2) is 39.0 Å². The van der Waals surface area contributed by atoms with Crippen LogP contribution < -0.4 is 10.5 Å². The minimum Gasteiger partial charge on any atom is -0.398 e. The lowest BCUT2D eigenvalue weighted by Gasteiger charge is -2.15. The van der Waals surface area contributed by atoms with Gasteiger partial charge in [0.25, 0.3) is 0 Å². The van der Waals surface area contributed by atoms with Crippen LogP contribution in [-0.2, 0) is 15.8 Å². The molecule has 1 saturated carbocycles. The molecular formula is C15H23N3O2S. The normalized spacial score (nSPS) is 23.5. The summed E-state index contributed by atoms with van der Waals surface area (Å²) in [6.07, 6.45) is 3.71. The average molecular weight is 309 g/mol. The van der Waals surface area contributed by atoms with E-state index in [0.29, 0.717) is 23.7 Å². The van der Waals surface area contributed by atoms with Gasteiger partial charge in [-0.15, -0.1) is 0 Å². The first-order chi connectivity index (χ1) is 10.0. The summed E-state index contributed by atoms with van der Waals surface area (Å²) in [6, 6.07) is 7.89. The van der Waals surface area contributed by atoms with Crippen molar-refractivity contribution in [3.05, 3.63) is 29.8 Å². The monoisotopic (exact) mass is 309 g/mol. The third-order valence-corrected chi connectivity index (χ3v) is 5.67. The van der Waals surface area contributed by atoms with E-state index in [1.54, 1.807) is 12.1 Å². The summed E-state index contributed by atoms with van der Waals surface area (Å²) in [6.45, 7) is 2.68. The van der Waals surface area contributed by atoms with Gasteiger partial charge in [0.1, 0.15) is 0 Å². The van der Waals surface area contributed by atoms with Crippen LogP contribution in [0.3, 0.4) is 0 Å². The molecular weight excluding hydrogens is 286 g/mol. The molecule has 5 nitrogen and oxygen atoms in total. The molecule has 1 aromatic carbocycles. The summed E-state index contributed by atoms with van der Waals surface area (Å²) in [5, 5.41) is 0. The molecule has 116 valence electrons. The number of anilines is 1. The van der Waals surface area contributed by atoms with Crippen molar-refractivity contribution in [1.82, 2.24) is 9.62 Å². The maximum atomic E-state index is 12.2. The van der Waals surface area contributed by atoms with Crippen molar-refractivity contribution in [3.63, 3.8) is 0 Å². The summed E-state index contributed by atoms with van der Waals surface area (Å²) in [7, 11) is -3.32. The van der Waals surface area contributed by atoms with E-state index in [1.807, 2.05) is 12.1 Å². The fraction of sp³-hybridized carbons (Fsp3) is 0.600. The second-order valence-corrected chi connectivity index (χ2v) is 7.99. The lowest BCUT2D eigenvalue weighted by Crippen LogP contribution is -2.32. The van der Waals surface area contributed by atoms with Gasteiger partial charge in [0, 0.05) is 24.8 Å². The number of benzene rings is 1. The van der Waals surface area contributed by atoms with Crippen LogP contribution in [0.1, 0.15) is 24.8 Å². The largest absolute Gasteiger partial charge is 0.398 e. The van der Waals surface area contributed by atoms with Crippen molar-refractivity contribution < 1.29 is 8.42 Å². The Balaban J connectivity index is 1.51. The van der Waals surface area contributed by atoms with Crippen LogP contribution in [0, 0.1) is 5.92 Å². The highest BCUT2D eigenvalue weighted by Gasteiger charge is 2.34. The summed E-state index contributed by atoms with van der Waals surface area (Å²) in [4.78, 5) is 2.49. The Labute approximate surface area is 126 Å². The third kappa shape index (κ3) is 3.96. The van der Waals surface area contributed by atoms with Gasteiger partial charge in [-0.05, 0) is 43.4 Å². The van der Waals surface area contributed by atoms with Crippen molar-refractivity contribution in [3.8, 4) is 0 Å². The van der Waals surface area contributed by atoms with E-state index in [9.17, 15) is 8.42 Å². The number of nitrogens with two attached hydrogens (primary N) is 1. The number of hydrogen-bond donors (Lipinski definition) is 2. The van der Waals surface area contributed by atoms with Crippen LogP contribution in [0.2, 0.25) is 0 Å². The van der Waals surface area contributed by atoms with Crippen molar-refractivity contribution in [1.29, 1.82) is 0 Å². The van der Waals surface area contributed by atoms with E-state index in [-0.39, 0.29) is 5.75 Å². The maximum Gasteiger partial charge on any atom is 0.215 e. The highest BCUT2D eigenvalue weighted by Crippen LogP contribution is 2.31. The van der Waals surface area contributed by atoms with Gasteiger partial charge >= 0.3 is 0 Å². The van der Waals surface area contributed by atoms with E-state index < -0.39 is 10.0 Å². The highest BCUT2D eigenvalue weighted by molar-refractivity contribution is 7.88. The Kier molecular flexibility index (Phi) is 4.19. The Morgan fingerprint density at radius 1 is 1.24 bits per heavy atom. The van der Waals surface area contributed by atoms with Crippen LogP contribution >= 0.6 is 0 Å². The molecule has 21 heavy (non-hydrogen) atoms. The van der Waals surface area contributed by atoms with Crippen LogP contribution in [0.15, 0.2) is 24.3 Å². The first kappa shape index (κ1) is 14.8. The summed E-state index contributed by atoms with van der Waals surface area (Å²) < 4.78 is 27.1. The second-order valence-electron chi connectivity index (χ2n) is 6.19. The molecule has 3 rings (SSSR count).